The van der Waals surface area contributed by atoms with Crippen molar-refractivity contribution in [2.75, 3.05) is 23.7 Å². The molecule has 0 unspecified atom stereocenters. The number of hydrogen-bond donors (Lipinski definition) is 3. The first-order chi connectivity index (χ1) is 11.3. The number of benzene rings is 1. The van der Waals surface area contributed by atoms with Gasteiger partial charge in [0.05, 0.1) is 11.3 Å². The number of carbonyl (C=O) groups is 1. The van der Waals surface area contributed by atoms with E-state index in [9.17, 15) is 18.0 Å². The summed E-state index contributed by atoms with van der Waals surface area (Å²) < 4.78 is 37.8. The Morgan fingerprint density at radius 2 is 1.92 bits per heavy atom. The number of carbonyl (C=O) groups excluding carboxylic acids is 1. The summed E-state index contributed by atoms with van der Waals surface area (Å²) >= 11 is 0. The molecule has 1 aromatic carbocycles. The highest BCUT2D eigenvalue weighted by Crippen LogP contribution is 2.30. The fraction of sp³-hybridized carbons (Fsp3) is 0.267. The van der Waals surface area contributed by atoms with Crippen LogP contribution in [0.5, 0.6) is 0 Å². The molecule has 0 saturated carbocycles. The van der Waals surface area contributed by atoms with Gasteiger partial charge in [-0.25, -0.2) is 4.79 Å². The lowest BCUT2D eigenvalue weighted by molar-refractivity contribution is -0.137. The Kier molecular flexibility index (Phi) is 5.56. The largest absolute Gasteiger partial charge is 0.416 e. The molecule has 3 N–H and O–H groups in total. The molecule has 24 heavy (non-hydrogen) atoms. The summed E-state index contributed by atoms with van der Waals surface area (Å²) in [7, 11) is 0. The number of halogens is 3. The van der Waals surface area contributed by atoms with Crippen LogP contribution in [0, 0.1) is 6.92 Å². The van der Waals surface area contributed by atoms with E-state index in [0.29, 0.717) is 12.4 Å². The van der Waals surface area contributed by atoms with Gasteiger partial charge >= 0.3 is 12.2 Å². The zero-order chi connectivity index (χ0) is 17.6. The predicted molar refractivity (Wildman–Crippen MR) is 83.7 cm³/mol. The molecule has 128 valence electrons. The third-order valence-corrected chi connectivity index (χ3v) is 2.96. The van der Waals surface area contributed by atoms with Gasteiger partial charge in [-0.2, -0.15) is 18.3 Å². The average molecular weight is 339 g/mol. The van der Waals surface area contributed by atoms with Crippen LogP contribution in [-0.2, 0) is 6.18 Å². The molecule has 0 radical (unpaired) electrons. The van der Waals surface area contributed by atoms with Crippen LogP contribution in [0.1, 0.15) is 11.3 Å². The molecule has 2 aromatic rings. The molecule has 2 rings (SSSR count). The fourth-order valence-electron chi connectivity index (χ4n) is 1.81. The van der Waals surface area contributed by atoms with E-state index in [4.69, 9.17) is 0 Å². The maximum atomic E-state index is 12.6. The molecule has 0 aliphatic carbocycles. The zero-order valence-electron chi connectivity index (χ0n) is 12.8. The number of hydrogen-bond acceptors (Lipinski definition) is 4. The van der Waals surface area contributed by atoms with E-state index in [1.807, 2.05) is 6.92 Å². The highest BCUT2D eigenvalue weighted by Gasteiger charge is 2.30. The standard InChI is InChI=1S/C15H16F3N5O/c1-10-5-6-13(23-22-10)19-7-8-20-14(24)21-12-4-2-3-11(9-12)15(16,17)18/h2-6,9H,7-8H2,1H3,(H,19,23)(H2,20,21,24). The molecule has 9 heteroatoms. The van der Waals surface area contributed by atoms with Crippen molar-refractivity contribution in [1.29, 1.82) is 0 Å². The monoisotopic (exact) mass is 339 g/mol. The zero-order valence-corrected chi connectivity index (χ0v) is 12.8. The Balaban J connectivity index is 1.76. The summed E-state index contributed by atoms with van der Waals surface area (Å²) in [4.78, 5) is 11.7. The third kappa shape index (κ3) is 5.41. The molecule has 0 aliphatic heterocycles. The average Bonchev–Trinajstić information content (AvgIpc) is 2.53. The van der Waals surface area contributed by atoms with Crippen molar-refractivity contribution in [2.24, 2.45) is 0 Å². The third-order valence-electron chi connectivity index (χ3n) is 2.96. The maximum Gasteiger partial charge on any atom is 0.416 e. The lowest BCUT2D eigenvalue weighted by Crippen LogP contribution is -2.32. The first-order valence-corrected chi connectivity index (χ1v) is 7.11. The normalized spacial score (nSPS) is 11.0. The van der Waals surface area contributed by atoms with Crippen molar-refractivity contribution >= 4 is 17.5 Å². The Labute approximate surface area is 136 Å². The second kappa shape index (κ2) is 7.62. The van der Waals surface area contributed by atoms with E-state index in [1.54, 1.807) is 12.1 Å². The Bertz CT molecular complexity index is 688. The van der Waals surface area contributed by atoms with Gasteiger partial charge in [-0.3, -0.25) is 0 Å². The fourth-order valence-corrected chi connectivity index (χ4v) is 1.81. The maximum absolute atomic E-state index is 12.6. The van der Waals surface area contributed by atoms with Gasteiger partial charge in [0.1, 0.15) is 5.82 Å². The number of aryl methyl sites for hydroxylation is 1. The molecular weight excluding hydrogens is 323 g/mol. The molecule has 0 aliphatic rings. The summed E-state index contributed by atoms with van der Waals surface area (Å²) in [6, 6.07) is 7.39. The lowest BCUT2D eigenvalue weighted by atomic mass is 10.2. The van der Waals surface area contributed by atoms with Gasteiger partial charge in [0, 0.05) is 18.8 Å². The van der Waals surface area contributed by atoms with Crippen molar-refractivity contribution in [2.45, 2.75) is 13.1 Å². The first kappa shape index (κ1) is 17.5. The highest BCUT2D eigenvalue weighted by atomic mass is 19.4. The van der Waals surface area contributed by atoms with Crippen molar-refractivity contribution in [3.8, 4) is 0 Å². The van der Waals surface area contributed by atoms with Crippen LogP contribution in [0.2, 0.25) is 0 Å². The van der Waals surface area contributed by atoms with Crippen molar-refractivity contribution in [3.63, 3.8) is 0 Å². The van der Waals surface area contributed by atoms with Gasteiger partial charge in [-0.05, 0) is 37.3 Å². The summed E-state index contributed by atoms with van der Waals surface area (Å²) in [6.07, 6.45) is -4.45. The van der Waals surface area contributed by atoms with E-state index in [0.717, 1.165) is 17.8 Å². The molecular formula is C15H16F3N5O. The van der Waals surface area contributed by atoms with E-state index >= 15 is 0 Å². The van der Waals surface area contributed by atoms with E-state index < -0.39 is 17.8 Å². The number of nitrogens with one attached hydrogen (secondary N) is 3. The van der Waals surface area contributed by atoms with E-state index in [2.05, 4.69) is 26.1 Å². The van der Waals surface area contributed by atoms with Crippen LogP contribution in [0.3, 0.4) is 0 Å². The lowest BCUT2D eigenvalue weighted by Gasteiger charge is -2.11. The van der Waals surface area contributed by atoms with Gasteiger partial charge in [-0.1, -0.05) is 6.07 Å². The molecule has 1 heterocycles. The van der Waals surface area contributed by atoms with Crippen molar-refractivity contribution in [3.05, 3.63) is 47.7 Å². The number of aromatic nitrogens is 2. The van der Waals surface area contributed by atoms with Crippen LogP contribution < -0.4 is 16.0 Å². The van der Waals surface area contributed by atoms with Crippen LogP contribution in [-0.4, -0.2) is 29.3 Å². The van der Waals surface area contributed by atoms with Crippen LogP contribution in [0.25, 0.3) is 0 Å². The molecule has 0 bridgehead atoms. The number of rotatable bonds is 5. The van der Waals surface area contributed by atoms with Crippen molar-refractivity contribution in [1.82, 2.24) is 15.5 Å². The molecule has 1 aromatic heterocycles. The minimum Gasteiger partial charge on any atom is -0.367 e. The molecule has 6 nitrogen and oxygen atoms in total. The van der Waals surface area contributed by atoms with Gasteiger partial charge < -0.3 is 16.0 Å². The SMILES string of the molecule is Cc1ccc(NCCNC(=O)Nc2cccc(C(F)(F)F)c2)nn1. The molecule has 2 amide bonds. The predicted octanol–water partition coefficient (Wildman–Crippen LogP) is 3.04. The number of alkyl halides is 3. The number of anilines is 2. The Morgan fingerprint density at radius 1 is 1.12 bits per heavy atom. The van der Waals surface area contributed by atoms with Crippen LogP contribution >= 0.6 is 0 Å². The number of urea groups is 1. The minimum atomic E-state index is -4.45. The number of amides is 2. The van der Waals surface area contributed by atoms with Gasteiger partial charge in [0.25, 0.3) is 0 Å². The Morgan fingerprint density at radius 3 is 2.58 bits per heavy atom. The topological polar surface area (TPSA) is 78.9 Å². The van der Waals surface area contributed by atoms with Crippen molar-refractivity contribution < 1.29 is 18.0 Å². The van der Waals surface area contributed by atoms with Gasteiger partial charge in [0.2, 0.25) is 0 Å². The highest BCUT2D eigenvalue weighted by molar-refractivity contribution is 5.89. The quantitative estimate of drug-likeness (QED) is 0.732. The number of nitrogens with zero attached hydrogens (tertiary/aromatic N) is 2. The van der Waals surface area contributed by atoms with E-state index in [1.165, 1.54) is 12.1 Å². The minimum absolute atomic E-state index is 0.0692. The second-order valence-electron chi connectivity index (χ2n) is 4.95. The molecule has 0 atom stereocenters. The summed E-state index contributed by atoms with van der Waals surface area (Å²) in [6.45, 7) is 2.48. The van der Waals surface area contributed by atoms with E-state index in [-0.39, 0.29) is 12.2 Å². The van der Waals surface area contributed by atoms with Crippen LogP contribution in [0.15, 0.2) is 36.4 Å². The second-order valence-corrected chi connectivity index (χ2v) is 4.95. The van der Waals surface area contributed by atoms with Gasteiger partial charge in [-0.15, -0.1) is 5.10 Å². The summed E-state index contributed by atoms with van der Waals surface area (Å²) in [5, 5.41) is 15.6. The molecule has 0 saturated heterocycles. The van der Waals surface area contributed by atoms with Crippen LogP contribution in [0.4, 0.5) is 29.5 Å². The van der Waals surface area contributed by atoms with Gasteiger partial charge in [0.15, 0.2) is 0 Å². The molecule has 0 spiro atoms. The molecule has 0 fully saturated rings. The first-order valence-electron chi connectivity index (χ1n) is 7.11. The smallest absolute Gasteiger partial charge is 0.367 e. The Hall–Kier alpha value is -2.84. The summed E-state index contributed by atoms with van der Waals surface area (Å²) in [5.41, 5.74) is 0.0405. The summed E-state index contributed by atoms with van der Waals surface area (Å²) in [5.74, 6) is 0.570.